The lowest BCUT2D eigenvalue weighted by Gasteiger charge is -2.15. The van der Waals surface area contributed by atoms with E-state index in [-0.39, 0.29) is 5.91 Å². The molecule has 0 unspecified atom stereocenters. The number of carbonyl (C=O) groups is 1. The zero-order valence-corrected chi connectivity index (χ0v) is 12.3. The number of hydrogen-bond acceptors (Lipinski definition) is 2. The SMILES string of the molecule is Cc1cc(NCCC(=O)N2CCCC2)ccc1Br. The van der Waals surface area contributed by atoms with Crippen molar-refractivity contribution >= 4 is 27.5 Å². The van der Waals surface area contributed by atoms with Crippen LogP contribution in [0.15, 0.2) is 22.7 Å². The van der Waals surface area contributed by atoms with Crippen LogP contribution in [0, 0.1) is 6.92 Å². The van der Waals surface area contributed by atoms with E-state index >= 15 is 0 Å². The van der Waals surface area contributed by atoms with E-state index in [2.05, 4.69) is 34.2 Å². The molecule has 0 bridgehead atoms. The number of anilines is 1. The van der Waals surface area contributed by atoms with Crippen molar-refractivity contribution in [2.45, 2.75) is 26.2 Å². The van der Waals surface area contributed by atoms with Gasteiger partial charge in [0.25, 0.3) is 0 Å². The van der Waals surface area contributed by atoms with Crippen molar-refractivity contribution in [3.8, 4) is 0 Å². The molecule has 0 aliphatic carbocycles. The molecule has 1 N–H and O–H groups in total. The van der Waals surface area contributed by atoms with Crippen LogP contribution in [-0.2, 0) is 4.79 Å². The number of nitrogens with zero attached hydrogens (tertiary/aromatic N) is 1. The third-order valence-electron chi connectivity index (χ3n) is 3.28. The molecule has 0 atom stereocenters. The van der Waals surface area contributed by atoms with E-state index in [1.807, 2.05) is 17.0 Å². The van der Waals surface area contributed by atoms with Gasteiger partial charge in [0.2, 0.25) is 5.91 Å². The summed E-state index contributed by atoms with van der Waals surface area (Å²) in [6.07, 6.45) is 2.89. The number of hydrogen-bond donors (Lipinski definition) is 1. The first-order valence-corrected chi connectivity index (χ1v) is 7.24. The molecule has 0 radical (unpaired) electrons. The van der Waals surface area contributed by atoms with Crippen molar-refractivity contribution in [1.29, 1.82) is 0 Å². The number of amides is 1. The molecule has 1 aliphatic rings. The summed E-state index contributed by atoms with van der Waals surface area (Å²) in [7, 11) is 0. The zero-order valence-electron chi connectivity index (χ0n) is 10.7. The van der Waals surface area contributed by atoms with Crippen molar-refractivity contribution < 1.29 is 4.79 Å². The molecule has 1 heterocycles. The molecule has 98 valence electrons. The first kappa shape index (κ1) is 13.4. The normalized spacial score (nSPS) is 14.9. The molecule has 3 nitrogen and oxygen atoms in total. The Bertz CT molecular complexity index is 428. The lowest BCUT2D eigenvalue weighted by Crippen LogP contribution is -2.29. The average molecular weight is 311 g/mol. The van der Waals surface area contributed by atoms with Gasteiger partial charge in [-0.3, -0.25) is 4.79 Å². The highest BCUT2D eigenvalue weighted by Gasteiger charge is 2.16. The van der Waals surface area contributed by atoms with E-state index in [9.17, 15) is 4.79 Å². The van der Waals surface area contributed by atoms with Crippen LogP contribution in [0.2, 0.25) is 0 Å². The topological polar surface area (TPSA) is 32.3 Å². The van der Waals surface area contributed by atoms with Gasteiger partial charge in [0.15, 0.2) is 0 Å². The minimum Gasteiger partial charge on any atom is -0.385 e. The first-order chi connectivity index (χ1) is 8.66. The smallest absolute Gasteiger partial charge is 0.224 e. The Hall–Kier alpha value is -1.03. The van der Waals surface area contributed by atoms with Crippen LogP contribution in [0.1, 0.15) is 24.8 Å². The van der Waals surface area contributed by atoms with Crippen LogP contribution in [0.3, 0.4) is 0 Å². The van der Waals surface area contributed by atoms with Gasteiger partial charge in [-0.05, 0) is 43.5 Å². The largest absolute Gasteiger partial charge is 0.385 e. The van der Waals surface area contributed by atoms with E-state index in [1.54, 1.807) is 0 Å². The van der Waals surface area contributed by atoms with Crippen LogP contribution >= 0.6 is 15.9 Å². The maximum Gasteiger partial charge on any atom is 0.224 e. The number of benzene rings is 1. The molecular formula is C14H19BrN2O. The van der Waals surface area contributed by atoms with Gasteiger partial charge in [-0.2, -0.15) is 0 Å². The number of carbonyl (C=O) groups excluding carboxylic acids is 1. The highest BCUT2D eigenvalue weighted by atomic mass is 79.9. The number of likely N-dealkylation sites (tertiary alicyclic amines) is 1. The van der Waals surface area contributed by atoms with E-state index in [1.165, 1.54) is 5.56 Å². The molecule has 0 saturated carbocycles. The van der Waals surface area contributed by atoms with Crippen molar-refractivity contribution in [3.05, 3.63) is 28.2 Å². The van der Waals surface area contributed by atoms with Gasteiger partial charge in [-0.25, -0.2) is 0 Å². The molecule has 1 amide bonds. The van der Waals surface area contributed by atoms with Crippen molar-refractivity contribution in [2.24, 2.45) is 0 Å². The standard InChI is InChI=1S/C14H19BrN2O/c1-11-10-12(4-5-13(11)15)16-7-6-14(18)17-8-2-3-9-17/h4-5,10,16H,2-3,6-9H2,1H3. The first-order valence-electron chi connectivity index (χ1n) is 6.44. The fraction of sp³-hybridized carbons (Fsp3) is 0.500. The molecule has 18 heavy (non-hydrogen) atoms. The van der Waals surface area contributed by atoms with E-state index < -0.39 is 0 Å². The van der Waals surface area contributed by atoms with Gasteiger partial charge in [-0.1, -0.05) is 15.9 Å². The summed E-state index contributed by atoms with van der Waals surface area (Å²) in [5.41, 5.74) is 2.27. The summed E-state index contributed by atoms with van der Waals surface area (Å²) in [5, 5.41) is 3.30. The number of aryl methyl sites for hydroxylation is 1. The highest BCUT2D eigenvalue weighted by Crippen LogP contribution is 2.20. The Morgan fingerprint density at radius 1 is 1.39 bits per heavy atom. The van der Waals surface area contributed by atoms with Crippen molar-refractivity contribution in [2.75, 3.05) is 25.0 Å². The van der Waals surface area contributed by atoms with Gasteiger partial charge in [-0.15, -0.1) is 0 Å². The monoisotopic (exact) mass is 310 g/mol. The molecule has 1 fully saturated rings. The molecule has 0 spiro atoms. The fourth-order valence-corrected chi connectivity index (χ4v) is 2.44. The van der Waals surface area contributed by atoms with E-state index in [0.29, 0.717) is 13.0 Å². The number of nitrogens with one attached hydrogen (secondary N) is 1. The van der Waals surface area contributed by atoms with Crippen LogP contribution in [0.5, 0.6) is 0 Å². The molecule has 0 aromatic heterocycles. The predicted molar refractivity (Wildman–Crippen MR) is 77.8 cm³/mol. The predicted octanol–water partition coefficient (Wildman–Crippen LogP) is 3.18. The minimum absolute atomic E-state index is 0.272. The van der Waals surface area contributed by atoms with Gasteiger partial charge < -0.3 is 10.2 Å². The lowest BCUT2D eigenvalue weighted by atomic mass is 10.2. The molecule has 1 aliphatic heterocycles. The summed E-state index contributed by atoms with van der Waals surface area (Å²) in [4.78, 5) is 13.8. The van der Waals surface area contributed by atoms with Gasteiger partial charge in [0.05, 0.1) is 0 Å². The summed E-state index contributed by atoms with van der Waals surface area (Å²) < 4.78 is 1.11. The molecular weight excluding hydrogens is 292 g/mol. The Labute approximate surface area is 117 Å². The zero-order chi connectivity index (χ0) is 13.0. The second-order valence-corrected chi connectivity index (χ2v) is 5.58. The molecule has 4 heteroatoms. The molecule has 1 aromatic rings. The van der Waals surface area contributed by atoms with Gasteiger partial charge in [0.1, 0.15) is 0 Å². The Balaban J connectivity index is 1.77. The van der Waals surface area contributed by atoms with E-state index in [4.69, 9.17) is 0 Å². The van der Waals surface area contributed by atoms with Crippen LogP contribution in [0.4, 0.5) is 5.69 Å². The second kappa shape index (κ2) is 6.23. The number of halogens is 1. The third-order valence-corrected chi connectivity index (χ3v) is 4.17. The summed E-state index contributed by atoms with van der Waals surface area (Å²) in [6, 6.07) is 6.14. The molecule has 1 saturated heterocycles. The van der Waals surface area contributed by atoms with Gasteiger partial charge in [0, 0.05) is 36.2 Å². The Kier molecular flexibility index (Phi) is 4.64. The van der Waals surface area contributed by atoms with E-state index in [0.717, 1.165) is 36.1 Å². The minimum atomic E-state index is 0.272. The Morgan fingerprint density at radius 3 is 2.78 bits per heavy atom. The Morgan fingerprint density at radius 2 is 2.11 bits per heavy atom. The summed E-state index contributed by atoms with van der Waals surface area (Å²) in [6.45, 7) is 4.65. The number of rotatable bonds is 4. The van der Waals surface area contributed by atoms with Crippen LogP contribution in [-0.4, -0.2) is 30.4 Å². The second-order valence-electron chi connectivity index (χ2n) is 4.73. The van der Waals surface area contributed by atoms with Crippen molar-refractivity contribution in [3.63, 3.8) is 0 Å². The fourth-order valence-electron chi connectivity index (χ4n) is 2.19. The average Bonchev–Trinajstić information content (AvgIpc) is 2.87. The molecule has 2 rings (SSSR count). The van der Waals surface area contributed by atoms with Gasteiger partial charge >= 0.3 is 0 Å². The van der Waals surface area contributed by atoms with Crippen molar-refractivity contribution in [1.82, 2.24) is 4.90 Å². The maximum atomic E-state index is 11.8. The third kappa shape index (κ3) is 3.48. The quantitative estimate of drug-likeness (QED) is 0.926. The highest BCUT2D eigenvalue weighted by molar-refractivity contribution is 9.10. The van der Waals surface area contributed by atoms with Crippen LogP contribution in [0.25, 0.3) is 0 Å². The van der Waals surface area contributed by atoms with Crippen LogP contribution < -0.4 is 5.32 Å². The summed E-state index contributed by atoms with van der Waals surface area (Å²) >= 11 is 3.48. The maximum absolute atomic E-state index is 11.8. The lowest BCUT2D eigenvalue weighted by molar-refractivity contribution is -0.129. The summed E-state index contributed by atoms with van der Waals surface area (Å²) in [5.74, 6) is 0.272. The molecule has 1 aromatic carbocycles.